The molecule has 1 N–H and O–H groups in total. The number of hydrogen-bond donors (Lipinski definition) is 1. The highest BCUT2D eigenvalue weighted by Gasteiger charge is 2.12. The van der Waals surface area contributed by atoms with E-state index >= 15 is 0 Å². The summed E-state index contributed by atoms with van der Waals surface area (Å²) in [6.45, 7) is 0. The molecule has 0 spiro atoms. The number of aromatic nitrogens is 1. The van der Waals surface area contributed by atoms with Crippen molar-refractivity contribution in [3.8, 4) is 0 Å². The van der Waals surface area contributed by atoms with Crippen molar-refractivity contribution in [2.24, 2.45) is 0 Å². The molecule has 0 radical (unpaired) electrons. The summed E-state index contributed by atoms with van der Waals surface area (Å²) in [5.74, 6) is 0.770. The normalized spacial score (nSPS) is 11.1. The molecule has 1 heterocycles. The van der Waals surface area contributed by atoms with E-state index in [9.17, 15) is 8.42 Å². The second-order valence-corrected chi connectivity index (χ2v) is 7.80. The molecular weight excluding hydrogens is 346 g/mol. The fourth-order valence-corrected chi connectivity index (χ4v) is 3.64. The van der Waals surface area contributed by atoms with Gasteiger partial charge in [-0.2, -0.15) is 0 Å². The summed E-state index contributed by atoms with van der Waals surface area (Å²) in [5, 5.41) is 0. The van der Waals surface area contributed by atoms with E-state index < -0.39 is 10.0 Å². The zero-order chi connectivity index (χ0) is 18.4. The second-order valence-electron chi connectivity index (χ2n) is 5.96. The largest absolute Gasteiger partial charge is 0.329 e. The smallest absolute Gasteiger partial charge is 0.233 e. The number of nitrogens with zero attached hydrogens (tertiary/aromatic N) is 2. The first kappa shape index (κ1) is 17.9. The fraction of sp³-hybridized carbons (Fsp3) is 0.150. The van der Waals surface area contributed by atoms with E-state index in [4.69, 9.17) is 0 Å². The first-order valence-corrected chi connectivity index (χ1v) is 9.98. The van der Waals surface area contributed by atoms with Crippen LogP contribution in [0.4, 0.5) is 17.2 Å². The summed E-state index contributed by atoms with van der Waals surface area (Å²) >= 11 is 0. The van der Waals surface area contributed by atoms with Crippen LogP contribution in [-0.4, -0.2) is 26.2 Å². The lowest BCUT2D eigenvalue weighted by molar-refractivity contribution is 0.600. The minimum absolute atomic E-state index is 0.0304. The molecule has 0 aliphatic heterocycles. The van der Waals surface area contributed by atoms with E-state index in [0.717, 1.165) is 17.1 Å². The molecule has 0 aliphatic rings. The quantitative estimate of drug-likeness (QED) is 0.689. The Kier molecular flexibility index (Phi) is 5.53. The maximum atomic E-state index is 12.3. The average molecular weight is 367 g/mol. The van der Waals surface area contributed by atoms with Crippen molar-refractivity contribution >= 4 is 27.2 Å². The Morgan fingerprint density at radius 2 is 1.58 bits per heavy atom. The lowest BCUT2D eigenvalue weighted by Gasteiger charge is -2.18. The maximum absolute atomic E-state index is 12.3. The fourth-order valence-electron chi connectivity index (χ4n) is 2.56. The van der Waals surface area contributed by atoms with E-state index in [1.54, 1.807) is 12.1 Å². The third-order valence-corrected chi connectivity index (χ3v) is 5.30. The average Bonchev–Trinajstić information content (AvgIpc) is 2.68. The molecule has 0 fully saturated rings. The number of sulfonamides is 1. The SMILES string of the molecule is CN(c1ccccc1)c1ccc(NS(=O)(=O)CCc2ccccc2)cn1. The van der Waals surface area contributed by atoms with Crippen LogP contribution < -0.4 is 9.62 Å². The van der Waals surface area contributed by atoms with Crippen LogP contribution in [-0.2, 0) is 16.4 Å². The van der Waals surface area contributed by atoms with E-state index in [1.807, 2.05) is 72.6 Å². The predicted molar refractivity (Wildman–Crippen MR) is 106 cm³/mol. The predicted octanol–water partition coefficient (Wildman–Crippen LogP) is 3.83. The van der Waals surface area contributed by atoms with Gasteiger partial charge in [-0.25, -0.2) is 13.4 Å². The molecule has 5 nitrogen and oxygen atoms in total. The van der Waals surface area contributed by atoms with Gasteiger partial charge in [-0.15, -0.1) is 0 Å². The molecule has 6 heteroatoms. The summed E-state index contributed by atoms with van der Waals surface area (Å²) in [5.41, 5.74) is 2.47. The summed E-state index contributed by atoms with van der Waals surface area (Å²) in [7, 11) is -1.50. The van der Waals surface area contributed by atoms with Gasteiger partial charge in [-0.1, -0.05) is 48.5 Å². The maximum Gasteiger partial charge on any atom is 0.233 e. The zero-order valence-corrected chi connectivity index (χ0v) is 15.4. The molecule has 0 saturated carbocycles. The minimum Gasteiger partial charge on any atom is -0.329 e. The van der Waals surface area contributed by atoms with Crippen LogP contribution in [0.3, 0.4) is 0 Å². The molecule has 0 saturated heterocycles. The lowest BCUT2D eigenvalue weighted by Crippen LogP contribution is -2.18. The van der Waals surface area contributed by atoms with Gasteiger partial charge in [-0.05, 0) is 36.2 Å². The van der Waals surface area contributed by atoms with Crippen molar-refractivity contribution in [3.05, 3.63) is 84.6 Å². The van der Waals surface area contributed by atoms with Gasteiger partial charge in [-0.3, -0.25) is 4.72 Å². The molecule has 2 aromatic carbocycles. The Morgan fingerprint density at radius 1 is 0.923 bits per heavy atom. The van der Waals surface area contributed by atoms with Gasteiger partial charge < -0.3 is 4.90 Å². The molecule has 134 valence electrons. The van der Waals surface area contributed by atoms with Crippen molar-refractivity contribution < 1.29 is 8.42 Å². The molecule has 0 bridgehead atoms. The van der Waals surface area contributed by atoms with Gasteiger partial charge >= 0.3 is 0 Å². The van der Waals surface area contributed by atoms with Crippen LogP contribution >= 0.6 is 0 Å². The molecule has 0 atom stereocenters. The number of hydrogen-bond acceptors (Lipinski definition) is 4. The monoisotopic (exact) mass is 367 g/mol. The van der Waals surface area contributed by atoms with Crippen LogP contribution in [0.2, 0.25) is 0 Å². The van der Waals surface area contributed by atoms with Gasteiger partial charge in [0.2, 0.25) is 10.0 Å². The molecule has 1 aromatic heterocycles. The highest BCUT2D eigenvalue weighted by Crippen LogP contribution is 2.22. The van der Waals surface area contributed by atoms with Crippen molar-refractivity contribution in [1.82, 2.24) is 4.98 Å². The van der Waals surface area contributed by atoms with Crippen molar-refractivity contribution in [1.29, 1.82) is 0 Å². The number of pyridine rings is 1. The molecule has 0 aliphatic carbocycles. The van der Waals surface area contributed by atoms with E-state index in [0.29, 0.717) is 12.1 Å². The summed E-state index contributed by atoms with van der Waals surface area (Å²) in [6, 6.07) is 22.9. The minimum atomic E-state index is -3.42. The van der Waals surface area contributed by atoms with Gasteiger partial charge in [0.05, 0.1) is 17.6 Å². The summed E-state index contributed by atoms with van der Waals surface area (Å²) in [4.78, 5) is 6.29. The second kappa shape index (κ2) is 8.01. The van der Waals surface area contributed by atoms with Gasteiger partial charge in [0.15, 0.2) is 0 Å². The van der Waals surface area contributed by atoms with Crippen LogP contribution in [0.5, 0.6) is 0 Å². The summed E-state index contributed by atoms with van der Waals surface area (Å²) < 4.78 is 27.1. The first-order valence-electron chi connectivity index (χ1n) is 8.33. The number of rotatable bonds is 7. The van der Waals surface area contributed by atoms with Gasteiger partial charge in [0.1, 0.15) is 5.82 Å². The van der Waals surface area contributed by atoms with Crippen LogP contribution in [0, 0.1) is 0 Å². The number of aryl methyl sites for hydroxylation is 1. The molecule has 0 amide bonds. The van der Waals surface area contributed by atoms with Gasteiger partial charge in [0.25, 0.3) is 0 Å². The Bertz CT molecular complexity index is 928. The molecule has 3 rings (SSSR count). The Balaban J connectivity index is 1.63. The first-order chi connectivity index (χ1) is 12.5. The van der Waals surface area contributed by atoms with E-state index in [-0.39, 0.29) is 5.75 Å². The van der Waals surface area contributed by atoms with Gasteiger partial charge in [0, 0.05) is 12.7 Å². The van der Waals surface area contributed by atoms with Crippen LogP contribution in [0.1, 0.15) is 5.56 Å². The Hall–Kier alpha value is -2.86. The summed E-state index contributed by atoms with van der Waals surface area (Å²) in [6.07, 6.45) is 2.01. The van der Waals surface area contributed by atoms with E-state index in [1.165, 1.54) is 6.20 Å². The Labute approximate surface area is 154 Å². The third kappa shape index (κ3) is 4.83. The molecule has 26 heavy (non-hydrogen) atoms. The lowest BCUT2D eigenvalue weighted by atomic mass is 10.2. The van der Waals surface area contributed by atoms with Crippen LogP contribution in [0.25, 0.3) is 0 Å². The van der Waals surface area contributed by atoms with E-state index in [2.05, 4.69) is 9.71 Å². The molecule has 3 aromatic rings. The van der Waals surface area contributed by atoms with Crippen molar-refractivity contribution in [3.63, 3.8) is 0 Å². The highest BCUT2D eigenvalue weighted by atomic mass is 32.2. The number of benzene rings is 2. The zero-order valence-electron chi connectivity index (χ0n) is 14.5. The molecular formula is C20H21N3O2S. The standard InChI is InChI=1S/C20H21N3O2S/c1-23(19-10-6-3-7-11-19)20-13-12-18(16-21-20)22-26(24,25)15-14-17-8-4-2-5-9-17/h2-13,16,22H,14-15H2,1H3. The molecule has 0 unspecified atom stereocenters. The number of anilines is 3. The van der Waals surface area contributed by atoms with Crippen LogP contribution in [0.15, 0.2) is 79.0 Å². The number of para-hydroxylation sites is 1. The number of nitrogens with one attached hydrogen (secondary N) is 1. The van der Waals surface area contributed by atoms with Crippen molar-refractivity contribution in [2.45, 2.75) is 6.42 Å². The third-order valence-electron chi connectivity index (χ3n) is 4.01. The van der Waals surface area contributed by atoms with Crippen molar-refractivity contribution in [2.75, 3.05) is 22.4 Å². The highest BCUT2D eigenvalue weighted by molar-refractivity contribution is 7.92. The Morgan fingerprint density at radius 3 is 2.19 bits per heavy atom. The topological polar surface area (TPSA) is 62.3 Å².